The molecule has 0 unspecified atom stereocenters. The predicted molar refractivity (Wildman–Crippen MR) is 109 cm³/mol. The molecule has 10 heteroatoms. The number of carbonyl (C=O) groups excluding carboxylic acids is 1. The van der Waals surface area contributed by atoms with Crippen LogP contribution in [0.15, 0.2) is 64.6 Å². The Balaban J connectivity index is 1.51. The van der Waals surface area contributed by atoms with Gasteiger partial charge >= 0.3 is 0 Å². The Hall–Kier alpha value is -2.95. The number of sulfonamides is 1. The number of H-pyrrole nitrogens is 1. The quantitative estimate of drug-likeness (QED) is 0.508. The first kappa shape index (κ1) is 19.8. The van der Waals surface area contributed by atoms with Gasteiger partial charge < -0.3 is 5.32 Å². The van der Waals surface area contributed by atoms with Gasteiger partial charge in [0.25, 0.3) is 0 Å². The summed E-state index contributed by atoms with van der Waals surface area (Å²) in [7, 11) is -3.76. The van der Waals surface area contributed by atoms with Gasteiger partial charge in [0.05, 0.1) is 10.6 Å². The van der Waals surface area contributed by atoms with Crippen LogP contribution in [0, 0.1) is 0 Å². The fraction of sp³-hybridized carbons (Fsp3) is 0.0556. The molecule has 2 aromatic carbocycles. The zero-order valence-corrected chi connectivity index (χ0v) is 16.2. The molecule has 3 rings (SSSR count). The van der Waals surface area contributed by atoms with Crippen LogP contribution in [0.4, 0.5) is 5.69 Å². The number of benzene rings is 2. The van der Waals surface area contributed by atoms with Gasteiger partial charge in [-0.2, -0.15) is 0 Å². The average molecular weight is 416 g/mol. The molecule has 0 radical (unpaired) electrons. The first-order valence-electron chi connectivity index (χ1n) is 8.11. The summed E-state index contributed by atoms with van der Waals surface area (Å²) in [4.78, 5) is 16.3. The molecule has 1 heterocycles. The third kappa shape index (κ3) is 5.78. The standard InChI is InChI=1S/C18H17N5O3S2/c19-28(25,26)15-9-7-14(8-10-15)20-17(24)12-27-18-21-16(22-23-18)11-6-13-4-2-1-3-5-13/h1-11H,12H2,(H,20,24)(H2,19,25,26)(H,21,22,23)/b11-6+. The van der Waals surface area contributed by atoms with E-state index in [0.29, 0.717) is 16.7 Å². The number of nitrogens with two attached hydrogens (primary N) is 1. The van der Waals surface area contributed by atoms with Gasteiger partial charge in [-0.15, -0.1) is 5.10 Å². The van der Waals surface area contributed by atoms with Crippen molar-refractivity contribution in [2.75, 3.05) is 11.1 Å². The lowest BCUT2D eigenvalue weighted by Crippen LogP contribution is -2.15. The van der Waals surface area contributed by atoms with E-state index in [-0.39, 0.29) is 16.6 Å². The predicted octanol–water partition coefficient (Wildman–Crippen LogP) is 2.35. The van der Waals surface area contributed by atoms with Crippen molar-refractivity contribution in [2.24, 2.45) is 5.14 Å². The molecule has 3 aromatic rings. The highest BCUT2D eigenvalue weighted by Crippen LogP contribution is 2.16. The van der Waals surface area contributed by atoms with Crippen molar-refractivity contribution in [2.45, 2.75) is 10.1 Å². The maximum absolute atomic E-state index is 12.0. The van der Waals surface area contributed by atoms with Gasteiger partial charge in [-0.05, 0) is 35.9 Å². The molecule has 4 N–H and O–H groups in total. The van der Waals surface area contributed by atoms with E-state index in [0.717, 1.165) is 5.56 Å². The first-order chi connectivity index (χ1) is 13.4. The minimum Gasteiger partial charge on any atom is -0.325 e. The number of thioether (sulfide) groups is 1. The number of anilines is 1. The Labute approximate surface area is 166 Å². The Morgan fingerprint density at radius 2 is 1.82 bits per heavy atom. The molecule has 8 nitrogen and oxygen atoms in total. The van der Waals surface area contributed by atoms with Gasteiger partial charge in [0.2, 0.25) is 21.1 Å². The van der Waals surface area contributed by atoms with E-state index in [1.165, 1.54) is 36.0 Å². The smallest absolute Gasteiger partial charge is 0.238 e. The number of hydrogen-bond donors (Lipinski definition) is 3. The molecule has 28 heavy (non-hydrogen) atoms. The van der Waals surface area contributed by atoms with Crippen LogP contribution < -0.4 is 10.5 Å². The minimum atomic E-state index is -3.76. The monoisotopic (exact) mass is 415 g/mol. The van der Waals surface area contributed by atoms with Crippen molar-refractivity contribution in [3.63, 3.8) is 0 Å². The number of amides is 1. The highest BCUT2D eigenvalue weighted by Gasteiger charge is 2.09. The molecule has 0 saturated heterocycles. The number of nitrogens with zero attached hydrogens (tertiary/aromatic N) is 2. The van der Waals surface area contributed by atoms with E-state index in [1.807, 2.05) is 36.4 Å². The van der Waals surface area contributed by atoms with Gasteiger partial charge in [-0.25, -0.2) is 18.5 Å². The topological polar surface area (TPSA) is 131 Å². The second-order valence-corrected chi connectivity index (χ2v) is 8.16. The summed E-state index contributed by atoms with van der Waals surface area (Å²) < 4.78 is 22.4. The summed E-state index contributed by atoms with van der Waals surface area (Å²) in [5.41, 5.74) is 1.51. The zero-order chi connectivity index (χ0) is 20.0. The lowest BCUT2D eigenvalue weighted by Gasteiger charge is -2.05. The SMILES string of the molecule is NS(=O)(=O)c1ccc(NC(=O)CSc2n[nH]c(/C=C/c3ccccc3)n2)cc1. The second-order valence-electron chi connectivity index (χ2n) is 5.65. The Bertz CT molecular complexity index is 1080. The lowest BCUT2D eigenvalue weighted by atomic mass is 10.2. The number of nitrogens with one attached hydrogen (secondary N) is 2. The van der Waals surface area contributed by atoms with Crippen molar-refractivity contribution < 1.29 is 13.2 Å². The number of rotatable bonds is 7. The van der Waals surface area contributed by atoms with E-state index >= 15 is 0 Å². The fourth-order valence-corrected chi connectivity index (χ4v) is 3.31. The molecule has 0 fully saturated rings. The zero-order valence-electron chi connectivity index (χ0n) is 14.6. The van der Waals surface area contributed by atoms with Crippen molar-refractivity contribution >= 4 is 45.5 Å². The van der Waals surface area contributed by atoms with Gasteiger partial charge in [-0.1, -0.05) is 48.2 Å². The van der Waals surface area contributed by atoms with Crippen LogP contribution in [0.1, 0.15) is 11.4 Å². The van der Waals surface area contributed by atoms with E-state index in [2.05, 4.69) is 20.5 Å². The largest absolute Gasteiger partial charge is 0.325 e. The van der Waals surface area contributed by atoms with Gasteiger partial charge in [0, 0.05) is 5.69 Å². The molecule has 0 bridgehead atoms. The van der Waals surface area contributed by atoms with Crippen LogP contribution in [0.5, 0.6) is 0 Å². The molecule has 1 amide bonds. The Morgan fingerprint density at radius 3 is 2.50 bits per heavy atom. The first-order valence-corrected chi connectivity index (χ1v) is 10.6. The average Bonchev–Trinajstić information content (AvgIpc) is 3.13. The summed E-state index contributed by atoms with van der Waals surface area (Å²) in [5, 5.41) is 15.0. The van der Waals surface area contributed by atoms with Crippen LogP contribution in [0.2, 0.25) is 0 Å². The van der Waals surface area contributed by atoms with Crippen molar-refractivity contribution in [1.29, 1.82) is 0 Å². The summed E-state index contributed by atoms with van der Waals surface area (Å²) in [6.07, 6.45) is 3.71. The molecule has 0 aliphatic rings. The van der Waals surface area contributed by atoms with Crippen molar-refractivity contribution in [1.82, 2.24) is 15.2 Å². The van der Waals surface area contributed by atoms with Crippen LogP contribution in [-0.2, 0) is 14.8 Å². The third-order valence-corrected chi connectivity index (χ3v) is 5.29. The Morgan fingerprint density at radius 1 is 1.11 bits per heavy atom. The third-order valence-electron chi connectivity index (χ3n) is 3.51. The molecule has 0 spiro atoms. The molecule has 144 valence electrons. The minimum absolute atomic E-state index is 0.0170. The normalized spacial score (nSPS) is 11.6. The van der Waals surface area contributed by atoms with Gasteiger partial charge in [0.15, 0.2) is 0 Å². The number of aromatic amines is 1. The van der Waals surface area contributed by atoms with Crippen molar-refractivity contribution in [3.05, 3.63) is 66.0 Å². The number of hydrogen-bond acceptors (Lipinski definition) is 6. The highest BCUT2D eigenvalue weighted by molar-refractivity contribution is 7.99. The lowest BCUT2D eigenvalue weighted by molar-refractivity contribution is -0.113. The molecule has 0 aliphatic heterocycles. The van der Waals surface area contributed by atoms with E-state index in [9.17, 15) is 13.2 Å². The van der Waals surface area contributed by atoms with Crippen LogP contribution >= 0.6 is 11.8 Å². The second kappa shape index (κ2) is 8.83. The number of primary sulfonamides is 1. The van der Waals surface area contributed by atoms with Crippen LogP contribution in [-0.4, -0.2) is 35.3 Å². The maximum atomic E-state index is 12.0. The number of aromatic nitrogens is 3. The number of carbonyl (C=O) groups is 1. The van der Waals surface area contributed by atoms with E-state index in [1.54, 1.807) is 6.08 Å². The highest BCUT2D eigenvalue weighted by atomic mass is 32.2. The molecular formula is C18H17N5O3S2. The summed E-state index contributed by atoms with van der Waals surface area (Å²) in [6.45, 7) is 0. The maximum Gasteiger partial charge on any atom is 0.238 e. The molecule has 0 saturated carbocycles. The van der Waals surface area contributed by atoms with E-state index in [4.69, 9.17) is 5.14 Å². The molecule has 0 atom stereocenters. The summed E-state index contributed by atoms with van der Waals surface area (Å²) in [6, 6.07) is 15.4. The fourth-order valence-electron chi connectivity index (χ4n) is 2.19. The molecular weight excluding hydrogens is 398 g/mol. The summed E-state index contributed by atoms with van der Waals surface area (Å²) >= 11 is 1.18. The Kier molecular flexibility index (Phi) is 6.24. The van der Waals surface area contributed by atoms with Gasteiger partial charge in [0.1, 0.15) is 5.82 Å². The molecule has 0 aliphatic carbocycles. The van der Waals surface area contributed by atoms with Crippen LogP contribution in [0.3, 0.4) is 0 Å². The van der Waals surface area contributed by atoms with Crippen LogP contribution in [0.25, 0.3) is 12.2 Å². The van der Waals surface area contributed by atoms with Crippen molar-refractivity contribution in [3.8, 4) is 0 Å². The van der Waals surface area contributed by atoms with Gasteiger partial charge in [-0.3, -0.25) is 9.89 Å². The molecule has 1 aromatic heterocycles. The summed E-state index contributed by atoms with van der Waals surface area (Å²) in [5.74, 6) is 0.432. The van der Waals surface area contributed by atoms with E-state index < -0.39 is 10.0 Å².